The molecule has 3 N–H and O–H groups in total. The molecule has 1 aliphatic rings. The van der Waals surface area contributed by atoms with Crippen LogP contribution in [0.25, 0.3) is 22.2 Å². The number of hydrogen-bond acceptors (Lipinski definition) is 3. The van der Waals surface area contributed by atoms with Gasteiger partial charge >= 0.3 is 0 Å². The number of halogens is 1. The van der Waals surface area contributed by atoms with Crippen molar-refractivity contribution in [2.24, 2.45) is 0 Å². The van der Waals surface area contributed by atoms with Gasteiger partial charge < -0.3 is 20.0 Å². The molecule has 0 bridgehead atoms. The Hall–Kier alpha value is -2.31. The van der Waals surface area contributed by atoms with Crippen LogP contribution < -0.4 is 0 Å². The number of nitrogens with zero attached hydrogens (tertiary/aromatic N) is 2. The number of aromatic amines is 2. The average Bonchev–Trinajstić information content (AvgIpc) is 3.25. The van der Waals surface area contributed by atoms with E-state index < -0.39 is 6.10 Å². The first-order valence-electron chi connectivity index (χ1n) is 7.41. The summed E-state index contributed by atoms with van der Waals surface area (Å²) in [7, 11) is 0. The number of hydrogen-bond donors (Lipinski definition) is 3. The van der Waals surface area contributed by atoms with Crippen LogP contribution in [-0.4, -0.2) is 50.1 Å². The molecule has 6 nitrogen and oxygen atoms in total. The standard InChI is InChI=1S/C16H15ClN4O2/c17-12-7-20-15-11(1-3-18-15)14(12)9-5-13(19-6-9)16(23)21-4-2-10(22)8-21/h1,3,5-7,10,19,22H,2,4,8H2,(H,18,20). The Bertz CT molecular complexity index is 885. The van der Waals surface area contributed by atoms with Gasteiger partial charge in [0.15, 0.2) is 0 Å². The molecule has 23 heavy (non-hydrogen) atoms. The number of H-pyrrole nitrogens is 2. The Morgan fingerprint density at radius 1 is 1.43 bits per heavy atom. The number of rotatable bonds is 2. The maximum atomic E-state index is 12.5. The van der Waals surface area contributed by atoms with Gasteiger partial charge in [0, 0.05) is 48.2 Å². The first kappa shape index (κ1) is 14.3. The third-order valence-electron chi connectivity index (χ3n) is 4.19. The lowest BCUT2D eigenvalue weighted by Crippen LogP contribution is -2.29. The van der Waals surface area contributed by atoms with E-state index in [-0.39, 0.29) is 5.91 Å². The molecule has 7 heteroatoms. The summed E-state index contributed by atoms with van der Waals surface area (Å²) in [4.78, 5) is 24.4. The molecule has 1 unspecified atom stereocenters. The second-order valence-corrected chi connectivity index (χ2v) is 6.12. The number of likely N-dealkylation sites (tertiary alicyclic amines) is 1. The van der Waals surface area contributed by atoms with Gasteiger partial charge in [0.25, 0.3) is 5.91 Å². The fraction of sp³-hybridized carbons (Fsp3) is 0.250. The molecule has 0 saturated carbocycles. The number of β-amino-alcohol motifs (C(OH)–C–C–N with tert-alkyl or cyclic N) is 1. The van der Waals surface area contributed by atoms with E-state index in [2.05, 4.69) is 15.0 Å². The largest absolute Gasteiger partial charge is 0.391 e. The summed E-state index contributed by atoms with van der Waals surface area (Å²) in [6.45, 7) is 0.956. The van der Waals surface area contributed by atoms with Gasteiger partial charge in [-0.25, -0.2) is 4.98 Å². The van der Waals surface area contributed by atoms with Gasteiger partial charge in [-0.15, -0.1) is 0 Å². The number of carbonyl (C=O) groups excluding carboxylic acids is 1. The third-order valence-corrected chi connectivity index (χ3v) is 4.48. The highest BCUT2D eigenvalue weighted by Crippen LogP contribution is 2.34. The second kappa shape index (κ2) is 5.40. The molecular weight excluding hydrogens is 316 g/mol. The molecule has 3 aromatic heterocycles. The Labute approximate surface area is 137 Å². The van der Waals surface area contributed by atoms with Crippen LogP contribution in [0.3, 0.4) is 0 Å². The molecule has 0 radical (unpaired) electrons. The molecular formula is C16H15ClN4O2. The van der Waals surface area contributed by atoms with Gasteiger partial charge in [0.05, 0.1) is 11.1 Å². The number of aromatic nitrogens is 3. The van der Waals surface area contributed by atoms with Crippen molar-refractivity contribution < 1.29 is 9.90 Å². The van der Waals surface area contributed by atoms with Gasteiger partial charge in [-0.3, -0.25) is 4.79 Å². The van der Waals surface area contributed by atoms with Crippen molar-refractivity contribution in [3.05, 3.63) is 41.4 Å². The molecule has 4 heterocycles. The molecule has 1 atom stereocenters. The maximum Gasteiger partial charge on any atom is 0.270 e. The lowest BCUT2D eigenvalue weighted by atomic mass is 10.1. The van der Waals surface area contributed by atoms with Crippen LogP contribution in [0.1, 0.15) is 16.9 Å². The van der Waals surface area contributed by atoms with Crippen LogP contribution >= 0.6 is 11.6 Å². The third kappa shape index (κ3) is 2.40. The minimum absolute atomic E-state index is 0.108. The fourth-order valence-corrected chi connectivity index (χ4v) is 3.30. The van der Waals surface area contributed by atoms with Crippen molar-refractivity contribution >= 4 is 28.5 Å². The summed E-state index contributed by atoms with van der Waals surface area (Å²) in [5, 5.41) is 11.0. The number of aliphatic hydroxyl groups excluding tert-OH is 1. The highest BCUT2D eigenvalue weighted by Gasteiger charge is 2.26. The van der Waals surface area contributed by atoms with Crippen molar-refractivity contribution in [1.29, 1.82) is 0 Å². The molecule has 3 aromatic rings. The Morgan fingerprint density at radius 3 is 3.09 bits per heavy atom. The number of pyridine rings is 1. The Kier molecular flexibility index (Phi) is 3.36. The SMILES string of the molecule is O=C(c1cc(-c2c(Cl)cnc3[nH]ccc23)c[nH]1)N1CCC(O)C1. The molecule has 118 valence electrons. The predicted octanol–water partition coefficient (Wildman–Crippen LogP) is 2.42. The number of nitrogens with one attached hydrogen (secondary N) is 2. The zero-order valence-corrected chi connectivity index (χ0v) is 13.0. The first-order chi connectivity index (χ1) is 11.1. The van der Waals surface area contributed by atoms with E-state index in [4.69, 9.17) is 11.6 Å². The van der Waals surface area contributed by atoms with E-state index in [0.717, 1.165) is 22.2 Å². The van der Waals surface area contributed by atoms with Crippen molar-refractivity contribution in [2.75, 3.05) is 13.1 Å². The molecule has 1 aliphatic heterocycles. The van der Waals surface area contributed by atoms with Gasteiger partial charge in [0.2, 0.25) is 0 Å². The van der Waals surface area contributed by atoms with E-state index >= 15 is 0 Å². The van der Waals surface area contributed by atoms with Crippen molar-refractivity contribution in [3.63, 3.8) is 0 Å². The monoisotopic (exact) mass is 330 g/mol. The van der Waals surface area contributed by atoms with Crippen LogP contribution in [0.4, 0.5) is 0 Å². The quantitative estimate of drug-likeness (QED) is 0.674. The normalized spacial score (nSPS) is 18.0. The van der Waals surface area contributed by atoms with E-state index in [0.29, 0.717) is 30.2 Å². The zero-order valence-electron chi connectivity index (χ0n) is 12.2. The number of amides is 1. The van der Waals surface area contributed by atoms with E-state index in [1.54, 1.807) is 23.4 Å². The average molecular weight is 331 g/mol. The summed E-state index contributed by atoms with van der Waals surface area (Å²) in [5.41, 5.74) is 2.92. The van der Waals surface area contributed by atoms with Gasteiger partial charge in [-0.2, -0.15) is 0 Å². The highest BCUT2D eigenvalue weighted by molar-refractivity contribution is 6.34. The Morgan fingerprint density at radius 2 is 2.30 bits per heavy atom. The molecule has 0 aromatic carbocycles. The molecule has 1 amide bonds. The second-order valence-electron chi connectivity index (χ2n) is 5.72. The molecule has 0 aliphatic carbocycles. The summed E-state index contributed by atoms with van der Waals surface area (Å²) in [6, 6.07) is 3.70. The Balaban J connectivity index is 1.71. The first-order valence-corrected chi connectivity index (χ1v) is 7.79. The van der Waals surface area contributed by atoms with Crippen molar-refractivity contribution in [1.82, 2.24) is 19.9 Å². The summed E-state index contributed by atoms with van der Waals surface area (Å²) in [6.07, 6.45) is 5.37. The summed E-state index contributed by atoms with van der Waals surface area (Å²) < 4.78 is 0. The summed E-state index contributed by atoms with van der Waals surface area (Å²) in [5.74, 6) is -0.108. The minimum Gasteiger partial charge on any atom is -0.391 e. The number of fused-ring (bicyclic) bond motifs is 1. The number of carbonyl (C=O) groups is 1. The highest BCUT2D eigenvalue weighted by atomic mass is 35.5. The zero-order chi connectivity index (χ0) is 16.0. The lowest BCUT2D eigenvalue weighted by Gasteiger charge is -2.13. The molecule has 4 rings (SSSR count). The van der Waals surface area contributed by atoms with Crippen LogP contribution in [0, 0.1) is 0 Å². The van der Waals surface area contributed by atoms with Crippen molar-refractivity contribution in [2.45, 2.75) is 12.5 Å². The number of aliphatic hydroxyl groups is 1. The molecule has 1 fully saturated rings. The minimum atomic E-state index is -0.428. The van der Waals surface area contributed by atoms with Gasteiger partial charge in [-0.1, -0.05) is 11.6 Å². The van der Waals surface area contributed by atoms with Crippen LogP contribution in [-0.2, 0) is 0 Å². The fourth-order valence-electron chi connectivity index (χ4n) is 3.04. The maximum absolute atomic E-state index is 12.5. The van der Waals surface area contributed by atoms with E-state index in [1.165, 1.54) is 0 Å². The van der Waals surface area contributed by atoms with Crippen LogP contribution in [0.2, 0.25) is 5.02 Å². The van der Waals surface area contributed by atoms with E-state index in [1.807, 2.05) is 12.3 Å². The van der Waals surface area contributed by atoms with Gasteiger partial charge in [0.1, 0.15) is 11.3 Å². The smallest absolute Gasteiger partial charge is 0.270 e. The van der Waals surface area contributed by atoms with Crippen LogP contribution in [0.5, 0.6) is 0 Å². The van der Waals surface area contributed by atoms with Crippen molar-refractivity contribution in [3.8, 4) is 11.1 Å². The summed E-state index contributed by atoms with van der Waals surface area (Å²) >= 11 is 6.31. The van der Waals surface area contributed by atoms with Gasteiger partial charge in [-0.05, 0) is 18.6 Å². The molecule has 0 spiro atoms. The predicted molar refractivity (Wildman–Crippen MR) is 87.4 cm³/mol. The lowest BCUT2D eigenvalue weighted by molar-refractivity contribution is 0.0760. The molecule has 1 saturated heterocycles. The van der Waals surface area contributed by atoms with Crippen LogP contribution in [0.15, 0.2) is 30.7 Å². The topological polar surface area (TPSA) is 85.0 Å². The van der Waals surface area contributed by atoms with E-state index in [9.17, 15) is 9.90 Å².